The van der Waals surface area contributed by atoms with E-state index < -0.39 is 0 Å². The molecule has 17 heavy (non-hydrogen) atoms. The zero-order valence-corrected chi connectivity index (χ0v) is 11.6. The molecule has 0 saturated heterocycles. The van der Waals surface area contributed by atoms with Gasteiger partial charge in [0.2, 0.25) is 0 Å². The number of nitrogens with two attached hydrogens (primary N) is 1. The van der Waals surface area contributed by atoms with Gasteiger partial charge in [-0.15, -0.1) is 0 Å². The fourth-order valence-electron chi connectivity index (χ4n) is 1.69. The van der Waals surface area contributed by atoms with Crippen molar-refractivity contribution in [2.24, 2.45) is 0 Å². The van der Waals surface area contributed by atoms with E-state index in [2.05, 4.69) is 31.2 Å². The summed E-state index contributed by atoms with van der Waals surface area (Å²) in [7, 11) is 0. The van der Waals surface area contributed by atoms with Crippen LogP contribution in [0.1, 0.15) is 26.3 Å². The molecule has 1 aromatic heterocycles. The van der Waals surface area contributed by atoms with Gasteiger partial charge in [-0.2, -0.15) is 5.26 Å². The fraction of sp³-hybridized carbons (Fsp3) is 0.333. The van der Waals surface area contributed by atoms with Gasteiger partial charge in [0.1, 0.15) is 5.40 Å². The molecule has 0 bridgehead atoms. The molecule has 0 aliphatic rings. The van der Waals surface area contributed by atoms with Crippen molar-refractivity contribution in [3.63, 3.8) is 0 Å². The van der Waals surface area contributed by atoms with Crippen LogP contribution in [0, 0.1) is 10.7 Å². The third-order valence-corrected chi connectivity index (χ3v) is 3.97. The summed E-state index contributed by atoms with van der Waals surface area (Å²) < 4.78 is 1.04. The van der Waals surface area contributed by atoms with Crippen LogP contribution in [-0.2, 0) is 5.41 Å². The predicted octanol–water partition coefficient (Wildman–Crippen LogP) is 3.75. The maximum atomic E-state index is 8.86. The number of nitrogens with zero attached hydrogens (tertiary/aromatic N) is 2. The Morgan fingerprint density at radius 1 is 1.41 bits per heavy atom. The fourth-order valence-corrected chi connectivity index (χ4v) is 3.27. The van der Waals surface area contributed by atoms with Crippen LogP contribution in [0.15, 0.2) is 17.0 Å². The summed E-state index contributed by atoms with van der Waals surface area (Å²) in [5.41, 5.74) is 7.76. The highest BCUT2D eigenvalue weighted by atomic mass is 32.2. The zero-order chi connectivity index (χ0) is 12.6. The van der Waals surface area contributed by atoms with Crippen LogP contribution >= 0.6 is 23.1 Å². The molecule has 0 fully saturated rings. The van der Waals surface area contributed by atoms with E-state index in [0.29, 0.717) is 5.13 Å². The van der Waals surface area contributed by atoms with Gasteiger partial charge >= 0.3 is 0 Å². The molecule has 3 nitrogen and oxygen atoms in total. The third-order valence-electron chi connectivity index (χ3n) is 2.47. The van der Waals surface area contributed by atoms with Gasteiger partial charge in [-0.25, -0.2) is 4.98 Å². The van der Waals surface area contributed by atoms with Crippen LogP contribution in [0.2, 0.25) is 0 Å². The van der Waals surface area contributed by atoms with Crippen molar-refractivity contribution in [3.05, 3.63) is 17.7 Å². The quantitative estimate of drug-likeness (QED) is 0.628. The molecule has 0 spiro atoms. The average Bonchev–Trinajstić information content (AvgIpc) is 2.55. The normalized spacial score (nSPS) is 11.6. The van der Waals surface area contributed by atoms with E-state index in [1.54, 1.807) is 0 Å². The molecule has 0 unspecified atom stereocenters. The van der Waals surface area contributed by atoms with Crippen LogP contribution in [-0.4, -0.2) is 4.98 Å². The van der Waals surface area contributed by atoms with E-state index in [0.717, 1.165) is 20.7 Å². The first-order chi connectivity index (χ1) is 7.91. The van der Waals surface area contributed by atoms with E-state index in [9.17, 15) is 0 Å². The van der Waals surface area contributed by atoms with E-state index in [1.165, 1.54) is 23.1 Å². The van der Waals surface area contributed by atoms with Gasteiger partial charge in [0, 0.05) is 4.90 Å². The Balaban J connectivity index is 2.71. The smallest absolute Gasteiger partial charge is 0.181 e. The lowest BCUT2D eigenvalue weighted by Gasteiger charge is -2.21. The minimum atomic E-state index is -0.00818. The Bertz CT molecular complexity index is 602. The van der Waals surface area contributed by atoms with E-state index in [4.69, 9.17) is 11.0 Å². The van der Waals surface area contributed by atoms with Crippen molar-refractivity contribution in [1.29, 1.82) is 5.26 Å². The number of thiocyanates is 1. The maximum absolute atomic E-state index is 8.86. The molecule has 2 rings (SSSR count). The molecule has 1 aromatic carbocycles. The molecule has 0 amide bonds. The molecular weight excluding hydrogens is 250 g/mol. The molecular formula is C12H13N3S2. The lowest BCUT2D eigenvalue weighted by atomic mass is 9.87. The molecule has 1 heterocycles. The Labute approximate surface area is 109 Å². The Kier molecular flexibility index (Phi) is 3.02. The standard InChI is InChI=1S/C12H13N3S2/c1-12(2,3)7-4-8-10(17-11(14)15-8)5-9(7)16-6-13/h4-5H,1-3H3,(H2,14,15). The summed E-state index contributed by atoms with van der Waals surface area (Å²) in [6, 6.07) is 4.06. The average molecular weight is 263 g/mol. The summed E-state index contributed by atoms with van der Waals surface area (Å²) in [5, 5.41) is 11.6. The number of anilines is 1. The van der Waals surface area contributed by atoms with E-state index in [1.807, 2.05) is 12.1 Å². The predicted molar refractivity (Wildman–Crippen MR) is 74.2 cm³/mol. The number of rotatable bonds is 1. The summed E-state index contributed by atoms with van der Waals surface area (Å²) in [6.45, 7) is 6.39. The first-order valence-electron chi connectivity index (χ1n) is 5.18. The number of nitrogen functional groups attached to an aromatic ring is 1. The number of hydrogen-bond donors (Lipinski definition) is 1. The Morgan fingerprint density at radius 3 is 2.71 bits per heavy atom. The Morgan fingerprint density at radius 2 is 2.12 bits per heavy atom. The molecule has 0 aliphatic carbocycles. The number of hydrogen-bond acceptors (Lipinski definition) is 5. The molecule has 0 radical (unpaired) electrons. The second-order valence-corrected chi connectivity index (χ2v) is 6.70. The van der Waals surface area contributed by atoms with Crippen molar-refractivity contribution < 1.29 is 0 Å². The number of thiazole rings is 1. The van der Waals surface area contributed by atoms with Crippen molar-refractivity contribution in [1.82, 2.24) is 4.98 Å². The lowest BCUT2D eigenvalue weighted by Crippen LogP contribution is -2.12. The SMILES string of the molecule is CC(C)(C)c1cc2nc(N)sc2cc1SC#N. The molecule has 0 aliphatic heterocycles. The van der Waals surface area contributed by atoms with Crippen molar-refractivity contribution in [2.75, 3.05) is 5.73 Å². The number of nitriles is 1. The molecule has 0 saturated carbocycles. The van der Waals surface area contributed by atoms with Gasteiger partial charge < -0.3 is 5.73 Å². The van der Waals surface area contributed by atoms with Crippen LogP contribution in [0.4, 0.5) is 5.13 Å². The van der Waals surface area contributed by atoms with Crippen molar-refractivity contribution >= 4 is 38.4 Å². The van der Waals surface area contributed by atoms with Crippen LogP contribution < -0.4 is 5.73 Å². The minimum absolute atomic E-state index is 0.00818. The lowest BCUT2D eigenvalue weighted by molar-refractivity contribution is 0.579. The zero-order valence-electron chi connectivity index (χ0n) is 9.94. The van der Waals surface area contributed by atoms with Gasteiger partial charge in [0.25, 0.3) is 0 Å². The highest BCUT2D eigenvalue weighted by molar-refractivity contribution is 8.03. The number of thioether (sulfide) groups is 1. The third kappa shape index (κ3) is 2.38. The molecule has 0 atom stereocenters. The summed E-state index contributed by atoms with van der Waals surface area (Å²) in [6.07, 6.45) is 0. The summed E-state index contributed by atoms with van der Waals surface area (Å²) >= 11 is 2.65. The Hall–Kier alpha value is -1.25. The summed E-state index contributed by atoms with van der Waals surface area (Å²) in [4.78, 5) is 5.29. The van der Waals surface area contributed by atoms with Gasteiger partial charge in [0.05, 0.1) is 10.2 Å². The molecule has 5 heteroatoms. The highest BCUT2D eigenvalue weighted by Gasteiger charge is 2.20. The van der Waals surface area contributed by atoms with Crippen LogP contribution in [0.3, 0.4) is 0 Å². The number of fused-ring (bicyclic) bond motifs is 1. The highest BCUT2D eigenvalue weighted by Crippen LogP contribution is 2.37. The van der Waals surface area contributed by atoms with Crippen LogP contribution in [0.5, 0.6) is 0 Å². The molecule has 2 N–H and O–H groups in total. The number of benzene rings is 1. The number of aromatic nitrogens is 1. The molecule has 88 valence electrons. The second-order valence-electron chi connectivity index (χ2n) is 4.81. The van der Waals surface area contributed by atoms with Crippen molar-refractivity contribution in [2.45, 2.75) is 31.1 Å². The summed E-state index contributed by atoms with van der Waals surface area (Å²) in [5.74, 6) is 0. The first-order valence-corrected chi connectivity index (χ1v) is 6.81. The monoisotopic (exact) mass is 263 g/mol. The molecule has 2 aromatic rings. The largest absolute Gasteiger partial charge is 0.375 e. The minimum Gasteiger partial charge on any atom is -0.375 e. The van der Waals surface area contributed by atoms with Crippen molar-refractivity contribution in [3.8, 4) is 5.40 Å². The van der Waals surface area contributed by atoms with E-state index in [-0.39, 0.29) is 5.41 Å². The first kappa shape index (κ1) is 12.2. The van der Waals surface area contributed by atoms with Crippen LogP contribution in [0.25, 0.3) is 10.2 Å². The van der Waals surface area contributed by atoms with E-state index >= 15 is 0 Å². The van der Waals surface area contributed by atoms with Gasteiger partial charge in [0.15, 0.2) is 5.13 Å². The maximum Gasteiger partial charge on any atom is 0.181 e. The second kappa shape index (κ2) is 4.21. The van der Waals surface area contributed by atoms with Gasteiger partial charge in [-0.05, 0) is 34.9 Å². The topological polar surface area (TPSA) is 62.7 Å². The van der Waals surface area contributed by atoms with Gasteiger partial charge in [-0.3, -0.25) is 0 Å². The van der Waals surface area contributed by atoms with Gasteiger partial charge in [-0.1, -0.05) is 32.1 Å².